The summed E-state index contributed by atoms with van der Waals surface area (Å²) in [5.41, 5.74) is 1.44. The quantitative estimate of drug-likeness (QED) is 0.0322. The number of benzene rings is 7. The summed E-state index contributed by atoms with van der Waals surface area (Å²) in [6.07, 6.45) is -0.615. The Labute approximate surface area is 515 Å². The minimum Gasteiger partial charge on any atom is -0.475 e. The van der Waals surface area contributed by atoms with Crippen molar-refractivity contribution in [3.05, 3.63) is 258 Å². The molecule has 7 aromatic rings. The number of halogens is 3. The molecule has 458 valence electrons. The van der Waals surface area contributed by atoms with Gasteiger partial charge in [-0.25, -0.2) is 9.79 Å². The average Bonchev–Trinajstić information content (AvgIpc) is 2.58. The Morgan fingerprint density at radius 3 is 1.59 bits per heavy atom. The summed E-state index contributed by atoms with van der Waals surface area (Å²) in [4.78, 5) is 72.1. The number of nitrogens with zero attached hydrogens (tertiary/aromatic N) is 3. The van der Waals surface area contributed by atoms with Crippen molar-refractivity contribution in [3.8, 4) is 0 Å². The van der Waals surface area contributed by atoms with Gasteiger partial charge in [-0.3, -0.25) is 29.0 Å². The molecule has 3 atom stereocenters. The molecular weight excluding hydrogens is 1140 g/mol. The number of morpholine rings is 2. The third-order valence-electron chi connectivity index (χ3n) is 14.9. The van der Waals surface area contributed by atoms with Crippen LogP contribution in [0.3, 0.4) is 0 Å². The van der Waals surface area contributed by atoms with Crippen LogP contribution < -0.4 is 15.9 Å². The van der Waals surface area contributed by atoms with Crippen LogP contribution in [0.5, 0.6) is 0 Å². The zero-order chi connectivity index (χ0) is 62.4. The van der Waals surface area contributed by atoms with E-state index in [-0.39, 0.29) is 63.4 Å². The minimum atomic E-state index is -4.45. The van der Waals surface area contributed by atoms with E-state index in [0.717, 1.165) is 43.1 Å². The van der Waals surface area contributed by atoms with Gasteiger partial charge in [-0.2, -0.15) is 13.2 Å². The third-order valence-corrected chi connectivity index (χ3v) is 17.4. The Bertz CT molecular complexity index is 3520. The maximum atomic E-state index is 13.7. The summed E-state index contributed by atoms with van der Waals surface area (Å²) < 4.78 is 63.9. The molecule has 0 radical (unpaired) electrons. The molecule has 0 spiro atoms. The van der Waals surface area contributed by atoms with Gasteiger partial charge in [0.2, 0.25) is 11.5 Å². The van der Waals surface area contributed by atoms with Gasteiger partial charge >= 0.3 is 12.1 Å². The number of carbonyl (C=O) groups is 5. The molecular formula is C72H75F3N3O9P. The number of imide groups is 2. The van der Waals surface area contributed by atoms with Crippen LogP contribution >= 0.6 is 7.92 Å². The molecule has 3 heterocycles. The van der Waals surface area contributed by atoms with Crippen molar-refractivity contribution in [3.63, 3.8) is 0 Å². The normalized spacial score (nSPS) is 18.2. The van der Waals surface area contributed by atoms with Crippen LogP contribution in [0.4, 0.5) is 13.2 Å². The van der Waals surface area contributed by atoms with Crippen molar-refractivity contribution in [2.24, 2.45) is 10.4 Å². The molecule has 0 aliphatic carbocycles. The SMILES string of the molecule is C.C=CCOC(=O)C1(Cc2ccccc2)OCCN(C(=O)c2ccccc2)C1=O.C=CC[C@]1(Cc2ccccc2)OCCN(C(=O)c2ccccc2)C1=O.Cc1ccc(P(c2ccc(C)cc2)c2ccc(C(F)(F)F)cc2C2=N[C@@H](C(C)(C)C)CO2)cc1. The van der Waals surface area contributed by atoms with Crippen LogP contribution in [-0.4, -0.2) is 102 Å². The van der Waals surface area contributed by atoms with E-state index in [2.05, 4.69) is 58.2 Å². The molecule has 2 saturated heterocycles. The Morgan fingerprint density at radius 1 is 0.648 bits per heavy atom. The predicted octanol–water partition coefficient (Wildman–Crippen LogP) is 12.5. The van der Waals surface area contributed by atoms with Crippen molar-refractivity contribution < 1.29 is 56.1 Å². The molecule has 0 bridgehead atoms. The van der Waals surface area contributed by atoms with Crippen molar-refractivity contribution in [2.75, 3.05) is 39.5 Å². The molecule has 1 unspecified atom stereocenters. The van der Waals surface area contributed by atoms with E-state index in [9.17, 15) is 37.1 Å². The number of alkyl halides is 3. The van der Waals surface area contributed by atoms with E-state index < -0.39 is 48.6 Å². The number of hydrogen-bond donors (Lipinski definition) is 0. The Morgan fingerprint density at radius 2 is 1.12 bits per heavy atom. The van der Waals surface area contributed by atoms with Crippen LogP contribution in [0, 0.1) is 19.3 Å². The highest BCUT2D eigenvalue weighted by atomic mass is 31.1. The largest absolute Gasteiger partial charge is 0.475 e. The molecule has 4 amide bonds. The van der Waals surface area contributed by atoms with Gasteiger partial charge in [-0.1, -0.05) is 210 Å². The molecule has 3 aliphatic rings. The number of aliphatic imine (C=N–C) groups is 1. The Balaban J connectivity index is 0.000000190. The number of ether oxygens (including phenoxy) is 4. The minimum absolute atomic E-state index is 0. The molecule has 16 heteroatoms. The first-order valence-electron chi connectivity index (χ1n) is 28.6. The third kappa shape index (κ3) is 16.1. The van der Waals surface area contributed by atoms with Crippen molar-refractivity contribution in [1.29, 1.82) is 0 Å². The van der Waals surface area contributed by atoms with Crippen molar-refractivity contribution in [1.82, 2.24) is 9.80 Å². The second kappa shape index (κ2) is 29.9. The molecule has 10 rings (SSSR count). The van der Waals surface area contributed by atoms with Crippen LogP contribution in [0.25, 0.3) is 0 Å². The van der Waals surface area contributed by atoms with Gasteiger partial charge in [0.15, 0.2) is 5.60 Å². The predicted molar refractivity (Wildman–Crippen MR) is 341 cm³/mol. The molecule has 12 nitrogen and oxygen atoms in total. The zero-order valence-electron chi connectivity index (χ0n) is 49.5. The number of aryl methyl sites for hydroxylation is 2. The standard InChI is InChI=1S/C28H29F3NOP.C22H21NO5.C21H21NO3.CH4/c1-18-6-11-21(12-7-18)34(22-13-8-19(2)9-14-22)24-15-10-20(28(29,30)31)16-23(24)26-32-25(17-33-26)27(3,4)5;1-2-14-27-21(26)22(16-17-9-5-3-6-10-17)20(25)23(13-15-28-22)19(24)18-11-7-4-8-12-18;1-2-13-21(16-17-9-5-3-6-10-17)20(24)22(14-15-25-21)19(23)18-11-7-4-8-12-18;/h6-16,25H,17H2,1-5H3;2-12H,1,13-16H2;2-12H,1,13-16H2;1H4/t25-;;21-;/m1.1./s1. The van der Waals surface area contributed by atoms with Crippen LogP contribution in [0.2, 0.25) is 0 Å². The van der Waals surface area contributed by atoms with E-state index in [0.29, 0.717) is 48.6 Å². The smallest absolute Gasteiger partial charge is 0.416 e. The van der Waals surface area contributed by atoms with E-state index in [1.165, 1.54) is 23.1 Å². The topological polar surface area (TPSA) is 141 Å². The van der Waals surface area contributed by atoms with Gasteiger partial charge in [0.1, 0.15) is 13.2 Å². The molecule has 2 fully saturated rings. The average molecular weight is 1210 g/mol. The highest BCUT2D eigenvalue weighted by molar-refractivity contribution is 7.80. The first-order chi connectivity index (χ1) is 41.7. The lowest BCUT2D eigenvalue weighted by Crippen LogP contribution is -2.63. The fourth-order valence-electron chi connectivity index (χ4n) is 10.1. The van der Waals surface area contributed by atoms with Gasteiger partial charge in [0.05, 0.1) is 37.9 Å². The summed E-state index contributed by atoms with van der Waals surface area (Å²) in [5.74, 6) is -2.29. The zero-order valence-corrected chi connectivity index (χ0v) is 50.4. The Hall–Kier alpha value is -8.62. The monoisotopic (exact) mass is 1210 g/mol. The highest BCUT2D eigenvalue weighted by Gasteiger charge is 2.55. The number of hydrogen-bond acceptors (Lipinski definition) is 10. The van der Waals surface area contributed by atoms with Crippen LogP contribution in [0.15, 0.2) is 218 Å². The fourth-order valence-corrected chi connectivity index (χ4v) is 12.5. The van der Waals surface area contributed by atoms with Crippen molar-refractivity contribution in [2.45, 2.75) is 84.7 Å². The maximum Gasteiger partial charge on any atom is 0.416 e. The number of esters is 1. The summed E-state index contributed by atoms with van der Waals surface area (Å²) in [5, 5.41) is 2.94. The van der Waals surface area contributed by atoms with E-state index in [1.54, 1.807) is 91.0 Å². The van der Waals surface area contributed by atoms with Gasteiger partial charge in [-0.15, -0.1) is 6.58 Å². The van der Waals surface area contributed by atoms with Crippen LogP contribution in [-0.2, 0) is 52.3 Å². The van der Waals surface area contributed by atoms with Gasteiger partial charge in [-0.05, 0) is 90.6 Å². The molecule has 0 N–H and O–H groups in total. The summed E-state index contributed by atoms with van der Waals surface area (Å²) in [7, 11) is -1.13. The summed E-state index contributed by atoms with van der Waals surface area (Å²) >= 11 is 0. The molecule has 3 aliphatic heterocycles. The molecule has 88 heavy (non-hydrogen) atoms. The number of rotatable bonds is 15. The second-order valence-corrected chi connectivity index (χ2v) is 24.5. The number of carbonyl (C=O) groups excluding carboxylic acids is 5. The lowest BCUT2D eigenvalue weighted by molar-refractivity contribution is -0.189. The molecule has 7 aromatic carbocycles. The lowest BCUT2D eigenvalue weighted by Gasteiger charge is -2.40. The lowest BCUT2D eigenvalue weighted by atomic mass is 9.88. The van der Waals surface area contributed by atoms with Gasteiger partial charge < -0.3 is 18.9 Å². The van der Waals surface area contributed by atoms with E-state index in [4.69, 9.17) is 23.9 Å². The first kappa shape index (κ1) is 66.9. The summed E-state index contributed by atoms with van der Waals surface area (Å²) in [6.45, 7) is 18.5. The fraction of sp³-hybridized carbons (Fsp3) is 0.278. The number of amides is 4. The van der Waals surface area contributed by atoms with Crippen molar-refractivity contribution >= 4 is 59.3 Å². The summed E-state index contributed by atoms with van der Waals surface area (Å²) in [6, 6.07) is 56.4. The molecule has 0 saturated carbocycles. The maximum absolute atomic E-state index is 13.7. The van der Waals surface area contributed by atoms with E-state index in [1.807, 2.05) is 80.6 Å². The van der Waals surface area contributed by atoms with E-state index >= 15 is 0 Å². The first-order valence-corrected chi connectivity index (χ1v) is 30.0. The second-order valence-electron chi connectivity index (χ2n) is 22.3. The van der Waals surface area contributed by atoms with Gasteiger partial charge in [0, 0.05) is 36.0 Å². The highest BCUT2D eigenvalue weighted by Crippen LogP contribution is 2.39. The Kier molecular flexibility index (Phi) is 22.7. The molecule has 0 aromatic heterocycles. The van der Waals surface area contributed by atoms with Gasteiger partial charge in [0.25, 0.3) is 23.6 Å². The van der Waals surface area contributed by atoms with Crippen LogP contribution in [0.1, 0.15) is 88.7 Å².